The van der Waals surface area contributed by atoms with Crippen LogP contribution in [-0.4, -0.2) is 26.2 Å². The van der Waals surface area contributed by atoms with E-state index in [-0.39, 0.29) is 26.2 Å². The van der Waals surface area contributed by atoms with Gasteiger partial charge in [-0.05, 0) is 0 Å². The summed E-state index contributed by atoms with van der Waals surface area (Å²) < 4.78 is 0. The first-order chi connectivity index (χ1) is 1.41. The molecule has 0 aliphatic carbocycles. The fourth-order valence-corrected chi connectivity index (χ4v) is 0. The van der Waals surface area contributed by atoms with Crippen LogP contribution in [0.3, 0.4) is 0 Å². The second-order valence-corrected chi connectivity index (χ2v) is 0.224. The molecule has 0 fully saturated rings. The second-order valence-electron chi connectivity index (χ2n) is 0.224. The molecule has 0 aromatic heterocycles. The molecule has 0 atom stereocenters. The first kappa shape index (κ1) is 8.84. The Morgan fingerprint density at radius 3 is 1.75 bits per heavy atom. The Bertz CT molecular complexity index is 27.5. The molecule has 4 heavy (non-hydrogen) atoms. The van der Waals surface area contributed by atoms with Crippen molar-refractivity contribution in [1.29, 1.82) is 5.26 Å². The number of nitriles is 1. The third-order valence-corrected chi connectivity index (χ3v) is 0. The summed E-state index contributed by atoms with van der Waals surface area (Å²) in [7, 11) is 0. The largest absolute Gasteiger partial charge is 0.199 e. The summed E-state index contributed by atoms with van der Waals surface area (Å²) >= 11 is 0. The van der Waals surface area contributed by atoms with Crippen LogP contribution in [0, 0.1) is 11.3 Å². The summed E-state index contributed by atoms with van der Waals surface area (Å²) in [6, 6.07) is 1.75. The van der Waals surface area contributed by atoms with Crippen molar-refractivity contribution in [2.45, 2.75) is 6.92 Å². The van der Waals surface area contributed by atoms with Gasteiger partial charge in [0.1, 0.15) is 0 Å². The van der Waals surface area contributed by atoms with Crippen LogP contribution in [-0.2, 0) is 0 Å². The van der Waals surface area contributed by atoms with Gasteiger partial charge >= 0.3 is 0 Å². The van der Waals surface area contributed by atoms with Gasteiger partial charge in [-0.2, -0.15) is 5.26 Å². The third kappa shape index (κ3) is 32.1. The summed E-state index contributed by atoms with van der Waals surface area (Å²) in [6.07, 6.45) is 0. The van der Waals surface area contributed by atoms with Gasteiger partial charge in [-0.15, -0.1) is 0 Å². The average Bonchev–Trinajstić information content (AvgIpc) is 0.918. The molecule has 0 aromatic carbocycles. The number of nitrogens with zero attached hydrogens (tertiary/aromatic N) is 1. The summed E-state index contributed by atoms with van der Waals surface area (Å²) in [4.78, 5) is 0. The van der Waals surface area contributed by atoms with E-state index in [2.05, 4.69) is 0 Å². The SMILES string of the molecule is CC#N.[Bi]. The molecule has 0 bridgehead atoms. The van der Waals surface area contributed by atoms with E-state index < -0.39 is 0 Å². The fourth-order valence-electron chi connectivity index (χ4n) is 0. The molecule has 0 aliphatic heterocycles. The maximum Gasteiger partial charge on any atom is 0.0587 e. The van der Waals surface area contributed by atoms with Gasteiger partial charge < -0.3 is 0 Å². The Hall–Kier alpha value is 0.373. The summed E-state index contributed by atoms with van der Waals surface area (Å²) in [5.74, 6) is 0. The summed E-state index contributed by atoms with van der Waals surface area (Å²) in [5.41, 5.74) is 0. The fraction of sp³-hybridized carbons (Fsp3) is 0.500. The van der Waals surface area contributed by atoms with Gasteiger partial charge in [0.05, 0.1) is 6.07 Å². The Balaban J connectivity index is 0. The molecule has 1 nitrogen and oxygen atoms in total. The van der Waals surface area contributed by atoms with Gasteiger partial charge in [0.15, 0.2) is 0 Å². The second kappa shape index (κ2) is 10.1. The van der Waals surface area contributed by atoms with Gasteiger partial charge in [-0.1, -0.05) is 0 Å². The van der Waals surface area contributed by atoms with Crippen molar-refractivity contribution in [3.8, 4) is 6.07 Å². The molecular weight excluding hydrogens is 247 g/mol. The number of hydrogen-bond acceptors (Lipinski definition) is 1. The predicted octanol–water partition coefficient (Wildman–Crippen LogP) is 0.149. The van der Waals surface area contributed by atoms with Crippen LogP contribution in [0.1, 0.15) is 6.92 Å². The number of rotatable bonds is 0. The van der Waals surface area contributed by atoms with Gasteiger partial charge in [0.25, 0.3) is 0 Å². The van der Waals surface area contributed by atoms with E-state index in [1.54, 1.807) is 6.07 Å². The van der Waals surface area contributed by atoms with E-state index in [1.807, 2.05) is 0 Å². The van der Waals surface area contributed by atoms with Crippen molar-refractivity contribution < 1.29 is 0 Å². The maximum atomic E-state index is 7.32. The van der Waals surface area contributed by atoms with Crippen LogP contribution >= 0.6 is 0 Å². The van der Waals surface area contributed by atoms with Crippen LogP contribution in [0.4, 0.5) is 0 Å². The Kier molecular flexibility index (Phi) is 22.3. The van der Waals surface area contributed by atoms with Crippen molar-refractivity contribution in [3.05, 3.63) is 0 Å². The van der Waals surface area contributed by atoms with E-state index >= 15 is 0 Å². The van der Waals surface area contributed by atoms with Crippen molar-refractivity contribution in [2.75, 3.05) is 0 Å². The zero-order chi connectivity index (χ0) is 2.71. The van der Waals surface area contributed by atoms with Crippen molar-refractivity contribution in [3.63, 3.8) is 0 Å². The predicted molar refractivity (Wildman–Crippen MR) is 17.0 cm³/mol. The van der Waals surface area contributed by atoms with Gasteiger partial charge in [-0.25, -0.2) is 0 Å². The van der Waals surface area contributed by atoms with Gasteiger partial charge in [0.2, 0.25) is 0 Å². The number of hydrogen-bond donors (Lipinski definition) is 0. The van der Waals surface area contributed by atoms with E-state index in [0.29, 0.717) is 0 Å². The van der Waals surface area contributed by atoms with E-state index in [0.717, 1.165) is 0 Å². The standard InChI is InChI=1S/C2H3N.Bi/c1-2-3;/h1H3;. The van der Waals surface area contributed by atoms with Crippen molar-refractivity contribution in [1.82, 2.24) is 0 Å². The van der Waals surface area contributed by atoms with Crippen LogP contribution in [0.5, 0.6) is 0 Å². The third-order valence-electron chi connectivity index (χ3n) is 0. The van der Waals surface area contributed by atoms with Crippen molar-refractivity contribution >= 4 is 26.2 Å². The normalized spacial score (nSPS) is 2.00. The molecule has 0 aliphatic rings. The molecule has 0 saturated heterocycles. The molecule has 0 rings (SSSR count). The van der Waals surface area contributed by atoms with Crippen molar-refractivity contribution in [2.24, 2.45) is 0 Å². The first-order valence-electron chi connectivity index (χ1n) is 0.724. The minimum Gasteiger partial charge on any atom is -0.199 e. The quantitative estimate of drug-likeness (QED) is 0.561. The Morgan fingerprint density at radius 2 is 1.75 bits per heavy atom. The molecule has 2 heteroatoms. The van der Waals surface area contributed by atoms with Crippen LogP contribution in [0.15, 0.2) is 0 Å². The zero-order valence-corrected chi connectivity index (χ0v) is 5.87. The molecule has 0 aromatic rings. The molecule has 21 valence electrons. The molecule has 0 unspecified atom stereocenters. The summed E-state index contributed by atoms with van der Waals surface area (Å²) in [5, 5.41) is 7.32. The molecule has 0 amide bonds. The van der Waals surface area contributed by atoms with Gasteiger partial charge in [0, 0.05) is 33.1 Å². The smallest absolute Gasteiger partial charge is 0.0587 e. The molecule has 0 N–H and O–H groups in total. The minimum absolute atomic E-state index is 0. The van der Waals surface area contributed by atoms with E-state index in [9.17, 15) is 0 Å². The van der Waals surface area contributed by atoms with Crippen LogP contribution in [0.2, 0.25) is 0 Å². The van der Waals surface area contributed by atoms with Crippen LogP contribution in [0.25, 0.3) is 0 Å². The topological polar surface area (TPSA) is 23.8 Å². The Morgan fingerprint density at radius 1 is 1.75 bits per heavy atom. The molecule has 0 heterocycles. The summed E-state index contributed by atoms with van der Waals surface area (Å²) in [6.45, 7) is 1.43. The molecule has 0 saturated carbocycles. The monoisotopic (exact) mass is 250 g/mol. The van der Waals surface area contributed by atoms with E-state index in [4.69, 9.17) is 5.26 Å². The molecule has 0 spiro atoms. The zero-order valence-electron chi connectivity index (χ0n) is 2.39. The maximum absolute atomic E-state index is 7.32. The molecular formula is C2H3BiN. The van der Waals surface area contributed by atoms with E-state index in [1.165, 1.54) is 6.92 Å². The minimum atomic E-state index is 0. The van der Waals surface area contributed by atoms with Gasteiger partial charge in [-0.3, -0.25) is 0 Å². The Labute approximate surface area is 44.7 Å². The molecule has 3 radical (unpaired) electrons. The van der Waals surface area contributed by atoms with Crippen LogP contribution < -0.4 is 0 Å². The first-order valence-corrected chi connectivity index (χ1v) is 0.724. The average molecular weight is 250 g/mol.